The van der Waals surface area contributed by atoms with Gasteiger partial charge >= 0.3 is 18.0 Å². The minimum atomic E-state index is -4.73. The summed E-state index contributed by atoms with van der Waals surface area (Å²) in [7, 11) is 0. The van der Waals surface area contributed by atoms with Gasteiger partial charge in [0.05, 0.1) is 11.3 Å². The zero-order valence-corrected chi connectivity index (χ0v) is 12.4. The third kappa shape index (κ3) is 6.15. The van der Waals surface area contributed by atoms with Gasteiger partial charge in [0.2, 0.25) is 6.41 Å². The van der Waals surface area contributed by atoms with Gasteiger partial charge in [-0.25, -0.2) is 0 Å². The van der Waals surface area contributed by atoms with Crippen LogP contribution in [0.4, 0.5) is 18.9 Å². The third-order valence-corrected chi connectivity index (χ3v) is 2.84. The number of nitrogens with one attached hydrogen (secondary N) is 3. The van der Waals surface area contributed by atoms with Crippen molar-refractivity contribution in [2.45, 2.75) is 12.6 Å². The van der Waals surface area contributed by atoms with Crippen LogP contribution < -0.4 is 16.0 Å². The number of rotatable bonds is 6. The fraction of sp³-hybridized carbons (Fsp3) is 0.308. The summed E-state index contributed by atoms with van der Waals surface area (Å²) in [5, 5.41) is 6.31. The van der Waals surface area contributed by atoms with Gasteiger partial charge in [-0.15, -0.1) is 0 Å². The SMILES string of the molecule is O=CNCCCNC(=O)C(=O)Nc1ccc(Cl)cc1C(F)(F)F. The Kier molecular flexibility index (Phi) is 6.83. The van der Waals surface area contributed by atoms with Gasteiger partial charge in [0.1, 0.15) is 0 Å². The van der Waals surface area contributed by atoms with E-state index in [9.17, 15) is 27.6 Å². The van der Waals surface area contributed by atoms with E-state index in [2.05, 4.69) is 10.6 Å². The molecular weight excluding hydrogens is 339 g/mol. The van der Waals surface area contributed by atoms with E-state index < -0.39 is 29.2 Å². The van der Waals surface area contributed by atoms with Crippen LogP contribution in [-0.2, 0) is 20.6 Å². The number of amides is 3. The van der Waals surface area contributed by atoms with Crippen LogP contribution in [0, 0.1) is 0 Å². The highest BCUT2D eigenvalue weighted by Crippen LogP contribution is 2.36. The topological polar surface area (TPSA) is 87.3 Å². The van der Waals surface area contributed by atoms with Crippen molar-refractivity contribution in [3.05, 3.63) is 28.8 Å². The van der Waals surface area contributed by atoms with Gasteiger partial charge in [-0.3, -0.25) is 14.4 Å². The van der Waals surface area contributed by atoms with Crippen molar-refractivity contribution in [1.29, 1.82) is 0 Å². The number of hydrogen-bond acceptors (Lipinski definition) is 3. The molecule has 0 atom stereocenters. The Bertz CT molecular complexity index is 594. The van der Waals surface area contributed by atoms with Crippen LogP contribution in [0.3, 0.4) is 0 Å². The molecule has 1 aromatic rings. The van der Waals surface area contributed by atoms with E-state index in [4.69, 9.17) is 11.6 Å². The van der Waals surface area contributed by atoms with Crippen LogP contribution in [0.1, 0.15) is 12.0 Å². The van der Waals surface area contributed by atoms with Crippen molar-refractivity contribution in [3.63, 3.8) is 0 Å². The van der Waals surface area contributed by atoms with Gasteiger partial charge in [-0.2, -0.15) is 13.2 Å². The van der Waals surface area contributed by atoms with Crippen LogP contribution in [0.15, 0.2) is 18.2 Å². The first-order chi connectivity index (χ1) is 10.8. The lowest BCUT2D eigenvalue weighted by Gasteiger charge is -2.14. The average molecular weight is 352 g/mol. The molecule has 0 unspecified atom stereocenters. The molecule has 6 nitrogen and oxygen atoms in total. The predicted molar refractivity (Wildman–Crippen MR) is 76.8 cm³/mol. The lowest BCUT2D eigenvalue weighted by molar-refractivity contribution is -0.138. The molecule has 0 radical (unpaired) electrons. The van der Waals surface area contributed by atoms with Crippen molar-refractivity contribution in [2.24, 2.45) is 0 Å². The van der Waals surface area contributed by atoms with E-state index >= 15 is 0 Å². The Labute approximate surface area is 134 Å². The number of halogens is 4. The van der Waals surface area contributed by atoms with Crippen LogP contribution in [-0.4, -0.2) is 31.3 Å². The van der Waals surface area contributed by atoms with Crippen molar-refractivity contribution in [1.82, 2.24) is 10.6 Å². The van der Waals surface area contributed by atoms with E-state index in [1.54, 1.807) is 0 Å². The summed E-state index contributed by atoms with van der Waals surface area (Å²) in [6.45, 7) is 0.376. The monoisotopic (exact) mass is 351 g/mol. The zero-order chi connectivity index (χ0) is 17.5. The minimum absolute atomic E-state index is 0.0832. The standard InChI is InChI=1S/C13H13ClF3N3O3/c14-8-2-3-10(9(6-8)13(15,16)17)20-12(23)11(22)19-5-1-4-18-7-21/h2-3,6-7H,1,4-5H2,(H,18,21)(H,19,22)(H,20,23). The highest BCUT2D eigenvalue weighted by molar-refractivity contribution is 6.39. The summed E-state index contributed by atoms with van der Waals surface area (Å²) in [6, 6.07) is 2.78. The first-order valence-corrected chi connectivity index (χ1v) is 6.76. The third-order valence-electron chi connectivity index (χ3n) is 2.61. The first kappa shape index (κ1) is 18.8. The number of carbonyl (C=O) groups excluding carboxylic acids is 3. The van der Waals surface area contributed by atoms with Crippen LogP contribution in [0.2, 0.25) is 5.02 Å². The Hall–Kier alpha value is -2.29. The molecule has 1 rings (SSSR count). The first-order valence-electron chi connectivity index (χ1n) is 6.38. The Balaban J connectivity index is 2.67. The van der Waals surface area contributed by atoms with Gasteiger partial charge < -0.3 is 16.0 Å². The van der Waals surface area contributed by atoms with Crippen molar-refractivity contribution in [2.75, 3.05) is 18.4 Å². The molecule has 0 heterocycles. The Morgan fingerprint density at radius 3 is 2.48 bits per heavy atom. The van der Waals surface area contributed by atoms with E-state index in [1.807, 2.05) is 5.32 Å². The number of alkyl halides is 3. The van der Waals surface area contributed by atoms with Crippen LogP contribution in [0.25, 0.3) is 0 Å². The Morgan fingerprint density at radius 1 is 1.17 bits per heavy atom. The number of benzene rings is 1. The molecule has 1 aromatic carbocycles. The predicted octanol–water partition coefficient (Wildman–Crippen LogP) is 1.55. The lowest BCUT2D eigenvalue weighted by atomic mass is 10.1. The van der Waals surface area contributed by atoms with Gasteiger partial charge in [-0.1, -0.05) is 11.6 Å². The highest BCUT2D eigenvalue weighted by Gasteiger charge is 2.34. The molecule has 0 spiro atoms. The second kappa shape index (κ2) is 8.37. The largest absolute Gasteiger partial charge is 0.418 e. The molecule has 0 saturated carbocycles. The van der Waals surface area contributed by atoms with E-state index in [0.29, 0.717) is 25.4 Å². The molecule has 0 aliphatic heterocycles. The molecule has 23 heavy (non-hydrogen) atoms. The summed E-state index contributed by atoms with van der Waals surface area (Å²) in [4.78, 5) is 33.1. The maximum atomic E-state index is 12.9. The van der Waals surface area contributed by atoms with E-state index in [1.165, 1.54) is 0 Å². The number of anilines is 1. The molecule has 0 aliphatic carbocycles. The molecule has 126 valence electrons. The lowest BCUT2D eigenvalue weighted by Crippen LogP contribution is -2.37. The van der Waals surface area contributed by atoms with Crippen molar-refractivity contribution < 1.29 is 27.6 Å². The summed E-state index contributed by atoms with van der Waals surface area (Å²) in [5.74, 6) is -2.32. The molecule has 3 N–H and O–H groups in total. The van der Waals surface area contributed by atoms with E-state index in [-0.39, 0.29) is 11.6 Å². The Morgan fingerprint density at radius 2 is 1.87 bits per heavy atom. The normalized spacial score (nSPS) is 10.8. The van der Waals surface area contributed by atoms with E-state index in [0.717, 1.165) is 12.1 Å². The summed E-state index contributed by atoms with van der Waals surface area (Å²) < 4.78 is 38.6. The van der Waals surface area contributed by atoms with Crippen LogP contribution >= 0.6 is 11.6 Å². The zero-order valence-electron chi connectivity index (χ0n) is 11.7. The molecule has 10 heteroatoms. The molecule has 0 fully saturated rings. The van der Waals surface area contributed by atoms with Gasteiger partial charge in [0, 0.05) is 18.1 Å². The fourth-order valence-corrected chi connectivity index (χ4v) is 1.74. The van der Waals surface area contributed by atoms with Crippen molar-refractivity contribution in [3.8, 4) is 0 Å². The smallest absolute Gasteiger partial charge is 0.359 e. The quantitative estimate of drug-likeness (QED) is 0.413. The summed E-state index contributed by atoms with van der Waals surface area (Å²) in [6.07, 6.45) is -3.88. The van der Waals surface area contributed by atoms with Crippen molar-refractivity contribution >= 4 is 35.5 Å². The van der Waals surface area contributed by atoms with Gasteiger partial charge in [0.25, 0.3) is 0 Å². The molecular formula is C13H13ClF3N3O3. The molecule has 0 saturated heterocycles. The fourth-order valence-electron chi connectivity index (χ4n) is 1.57. The summed E-state index contributed by atoms with van der Waals surface area (Å²) >= 11 is 5.51. The maximum absolute atomic E-state index is 12.9. The highest BCUT2D eigenvalue weighted by atomic mass is 35.5. The average Bonchev–Trinajstić information content (AvgIpc) is 2.47. The minimum Gasteiger partial charge on any atom is -0.359 e. The molecule has 0 bridgehead atoms. The molecule has 0 aliphatic rings. The second-order valence-corrected chi connectivity index (χ2v) is 4.76. The molecule has 3 amide bonds. The summed E-state index contributed by atoms with van der Waals surface area (Å²) in [5.41, 5.74) is -1.72. The van der Waals surface area contributed by atoms with Gasteiger partial charge in [0.15, 0.2) is 0 Å². The van der Waals surface area contributed by atoms with Gasteiger partial charge in [-0.05, 0) is 24.6 Å². The number of carbonyl (C=O) groups is 3. The second-order valence-electron chi connectivity index (χ2n) is 4.32. The number of hydrogen-bond donors (Lipinski definition) is 3. The molecule has 0 aromatic heterocycles. The van der Waals surface area contributed by atoms with Crippen LogP contribution in [0.5, 0.6) is 0 Å². The maximum Gasteiger partial charge on any atom is 0.418 e.